The van der Waals surface area contributed by atoms with Gasteiger partial charge in [0.1, 0.15) is 11.6 Å². The van der Waals surface area contributed by atoms with Crippen LogP contribution < -0.4 is 10.1 Å². The smallest absolute Gasteiger partial charge is 0.251 e. The van der Waals surface area contributed by atoms with Gasteiger partial charge in [0.25, 0.3) is 5.91 Å². The zero-order valence-electron chi connectivity index (χ0n) is 15.3. The second-order valence-corrected chi connectivity index (χ2v) is 8.01. The van der Waals surface area contributed by atoms with E-state index in [1.165, 1.54) is 16.4 Å². The van der Waals surface area contributed by atoms with Crippen molar-refractivity contribution >= 4 is 15.9 Å². The summed E-state index contributed by atoms with van der Waals surface area (Å²) in [5.74, 6) is 0.0280. The summed E-state index contributed by atoms with van der Waals surface area (Å²) in [5.41, 5.74) is 1.31. The maximum absolute atomic E-state index is 12.9. The number of nitrogens with zero attached hydrogens (tertiary/aromatic N) is 1. The molecule has 0 heterocycles. The minimum absolute atomic E-state index is 0.155. The summed E-state index contributed by atoms with van der Waals surface area (Å²) in [5, 5.41) is 2.71. The van der Waals surface area contributed by atoms with Crippen LogP contribution in [0.4, 0.5) is 4.39 Å². The molecule has 0 saturated carbocycles. The van der Waals surface area contributed by atoms with Crippen molar-refractivity contribution in [2.24, 2.45) is 0 Å². The van der Waals surface area contributed by atoms with Gasteiger partial charge in [0, 0.05) is 25.2 Å². The Balaban J connectivity index is 1.88. The van der Waals surface area contributed by atoms with E-state index in [-0.39, 0.29) is 31.4 Å². The van der Waals surface area contributed by atoms with Crippen molar-refractivity contribution < 1.29 is 22.3 Å². The van der Waals surface area contributed by atoms with Crippen molar-refractivity contribution in [3.05, 3.63) is 65.5 Å². The Kier molecular flexibility index (Phi) is 7.32. The van der Waals surface area contributed by atoms with Gasteiger partial charge in [-0.3, -0.25) is 4.79 Å². The first-order valence-corrected chi connectivity index (χ1v) is 10.3. The molecule has 0 saturated heterocycles. The number of hydrogen-bond acceptors (Lipinski definition) is 4. The number of ether oxygens (including phenoxy) is 1. The molecule has 2 rings (SSSR count). The molecule has 2 aromatic carbocycles. The molecule has 8 heteroatoms. The van der Waals surface area contributed by atoms with Gasteiger partial charge in [-0.15, -0.1) is 0 Å². The van der Waals surface area contributed by atoms with E-state index in [4.69, 9.17) is 4.74 Å². The van der Waals surface area contributed by atoms with Crippen molar-refractivity contribution in [3.63, 3.8) is 0 Å². The van der Waals surface area contributed by atoms with Crippen LogP contribution in [0.5, 0.6) is 5.75 Å². The predicted molar refractivity (Wildman–Crippen MR) is 102 cm³/mol. The summed E-state index contributed by atoms with van der Waals surface area (Å²) in [4.78, 5) is 12.1. The zero-order chi connectivity index (χ0) is 19.9. The van der Waals surface area contributed by atoms with Gasteiger partial charge in [0.15, 0.2) is 0 Å². The highest BCUT2D eigenvalue weighted by molar-refractivity contribution is 7.88. The lowest BCUT2D eigenvalue weighted by atomic mass is 10.1. The topological polar surface area (TPSA) is 75.7 Å². The van der Waals surface area contributed by atoms with E-state index in [0.29, 0.717) is 17.7 Å². The summed E-state index contributed by atoms with van der Waals surface area (Å²) in [6.07, 6.45) is 1.59. The van der Waals surface area contributed by atoms with Gasteiger partial charge in [-0.1, -0.05) is 12.1 Å². The Morgan fingerprint density at radius 1 is 1.07 bits per heavy atom. The molecule has 6 nitrogen and oxygen atoms in total. The van der Waals surface area contributed by atoms with Gasteiger partial charge in [0.05, 0.1) is 13.4 Å². The fourth-order valence-corrected chi connectivity index (χ4v) is 3.33. The standard InChI is InChI=1S/C19H23FN2O4S/c1-26-18-9-5-16(6-10-18)19(23)21-12-14-22(27(2,24)25)13-11-15-3-7-17(20)8-4-15/h3-10H,11-14H2,1-2H3,(H,21,23). The van der Waals surface area contributed by atoms with Gasteiger partial charge < -0.3 is 10.1 Å². The van der Waals surface area contributed by atoms with E-state index < -0.39 is 10.0 Å². The number of methoxy groups -OCH3 is 1. The molecule has 0 atom stereocenters. The van der Waals surface area contributed by atoms with Crippen LogP contribution >= 0.6 is 0 Å². The number of nitrogens with one attached hydrogen (secondary N) is 1. The Morgan fingerprint density at radius 3 is 2.26 bits per heavy atom. The Morgan fingerprint density at radius 2 is 1.70 bits per heavy atom. The normalized spacial score (nSPS) is 11.4. The highest BCUT2D eigenvalue weighted by atomic mass is 32.2. The van der Waals surface area contributed by atoms with E-state index in [1.54, 1.807) is 43.5 Å². The van der Waals surface area contributed by atoms with Crippen molar-refractivity contribution in [3.8, 4) is 5.75 Å². The monoisotopic (exact) mass is 394 g/mol. The van der Waals surface area contributed by atoms with Crippen LogP contribution in [0.1, 0.15) is 15.9 Å². The maximum atomic E-state index is 12.9. The van der Waals surface area contributed by atoms with E-state index in [0.717, 1.165) is 11.8 Å². The van der Waals surface area contributed by atoms with Crippen LogP contribution in [0.2, 0.25) is 0 Å². The first kappa shape index (κ1) is 20.9. The fraction of sp³-hybridized carbons (Fsp3) is 0.316. The van der Waals surface area contributed by atoms with Gasteiger partial charge in [0.2, 0.25) is 10.0 Å². The van der Waals surface area contributed by atoms with Crippen molar-refractivity contribution in [1.82, 2.24) is 9.62 Å². The molecule has 1 N–H and O–H groups in total. The third-order valence-electron chi connectivity index (χ3n) is 4.03. The number of hydrogen-bond donors (Lipinski definition) is 1. The Bertz CT molecular complexity index is 852. The second-order valence-electron chi connectivity index (χ2n) is 6.02. The molecule has 0 spiro atoms. The minimum Gasteiger partial charge on any atom is -0.497 e. The van der Waals surface area contributed by atoms with E-state index in [9.17, 15) is 17.6 Å². The lowest BCUT2D eigenvalue weighted by molar-refractivity contribution is 0.0951. The molecule has 2 aromatic rings. The number of carbonyl (C=O) groups excluding carboxylic acids is 1. The first-order chi connectivity index (χ1) is 12.8. The molecule has 146 valence electrons. The Hall–Kier alpha value is -2.45. The average molecular weight is 394 g/mol. The van der Waals surface area contributed by atoms with E-state index in [1.807, 2.05) is 0 Å². The van der Waals surface area contributed by atoms with Crippen molar-refractivity contribution in [1.29, 1.82) is 0 Å². The van der Waals surface area contributed by atoms with Crippen LogP contribution in [-0.2, 0) is 16.4 Å². The summed E-state index contributed by atoms with van der Waals surface area (Å²) in [7, 11) is -1.88. The molecular weight excluding hydrogens is 371 g/mol. The molecule has 0 aliphatic carbocycles. The van der Waals surface area contributed by atoms with Crippen molar-refractivity contribution in [2.45, 2.75) is 6.42 Å². The van der Waals surface area contributed by atoms with Gasteiger partial charge in [-0.25, -0.2) is 17.1 Å². The van der Waals surface area contributed by atoms with Crippen LogP contribution in [0.3, 0.4) is 0 Å². The van der Waals surface area contributed by atoms with Crippen LogP contribution in [0.25, 0.3) is 0 Å². The van der Waals surface area contributed by atoms with Crippen LogP contribution in [0.15, 0.2) is 48.5 Å². The van der Waals surface area contributed by atoms with Crippen molar-refractivity contribution in [2.75, 3.05) is 33.0 Å². The quantitative estimate of drug-likeness (QED) is 0.707. The number of rotatable bonds is 9. The molecule has 0 aliphatic rings. The average Bonchev–Trinajstić information content (AvgIpc) is 2.64. The molecule has 0 fully saturated rings. The molecular formula is C19H23FN2O4S. The van der Waals surface area contributed by atoms with Crippen LogP contribution in [0, 0.1) is 5.82 Å². The second kappa shape index (κ2) is 9.48. The third-order valence-corrected chi connectivity index (χ3v) is 5.33. The summed E-state index contributed by atoms with van der Waals surface area (Å²) in [6.45, 7) is 0.589. The third kappa shape index (κ3) is 6.65. The highest BCUT2D eigenvalue weighted by Crippen LogP contribution is 2.11. The lowest BCUT2D eigenvalue weighted by Crippen LogP contribution is -2.39. The zero-order valence-corrected chi connectivity index (χ0v) is 16.1. The lowest BCUT2D eigenvalue weighted by Gasteiger charge is -2.20. The predicted octanol–water partition coefficient (Wildman–Crippen LogP) is 2.07. The van der Waals surface area contributed by atoms with Gasteiger partial charge >= 0.3 is 0 Å². The van der Waals surface area contributed by atoms with Gasteiger partial charge in [-0.05, 0) is 48.4 Å². The molecule has 0 bridgehead atoms. The Labute approximate surface area is 159 Å². The molecule has 27 heavy (non-hydrogen) atoms. The molecule has 0 radical (unpaired) electrons. The number of sulfonamides is 1. The largest absolute Gasteiger partial charge is 0.497 e. The molecule has 0 aromatic heterocycles. The minimum atomic E-state index is -3.42. The molecule has 1 amide bonds. The maximum Gasteiger partial charge on any atom is 0.251 e. The molecule has 0 aliphatic heterocycles. The molecule has 0 unspecified atom stereocenters. The summed E-state index contributed by atoms with van der Waals surface area (Å²) in [6, 6.07) is 12.6. The number of halogens is 1. The van der Waals surface area contributed by atoms with E-state index >= 15 is 0 Å². The summed E-state index contributed by atoms with van der Waals surface area (Å²) >= 11 is 0. The van der Waals surface area contributed by atoms with Crippen LogP contribution in [-0.4, -0.2) is 51.6 Å². The van der Waals surface area contributed by atoms with E-state index in [2.05, 4.69) is 5.32 Å². The highest BCUT2D eigenvalue weighted by Gasteiger charge is 2.16. The number of benzene rings is 2. The van der Waals surface area contributed by atoms with Gasteiger partial charge in [-0.2, -0.15) is 0 Å². The first-order valence-electron chi connectivity index (χ1n) is 8.41. The number of carbonyl (C=O) groups is 1. The summed E-state index contributed by atoms with van der Waals surface area (Å²) < 4.78 is 43.2. The SMILES string of the molecule is COc1ccc(C(=O)NCCN(CCc2ccc(F)cc2)S(C)(=O)=O)cc1. The fourth-order valence-electron chi connectivity index (χ4n) is 2.49. The number of amides is 1.